The average molecular weight is 288 g/mol. The Labute approximate surface area is 127 Å². The van der Waals surface area contributed by atoms with E-state index in [0.29, 0.717) is 18.0 Å². The summed E-state index contributed by atoms with van der Waals surface area (Å²) in [5.74, 6) is 0.660. The molecule has 2 rings (SSSR count). The van der Waals surface area contributed by atoms with E-state index in [9.17, 15) is 5.11 Å². The lowest BCUT2D eigenvalue weighted by atomic mass is 9.97. The second-order valence-electron chi connectivity index (χ2n) is 5.65. The maximum Gasteiger partial charge on any atom is 0.0991 e. The van der Waals surface area contributed by atoms with Crippen molar-refractivity contribution < 1.29 is 9.84 Å². The third kappa shape index (κ3) is 4.82. The summed E-state index contributed by atoms with van der Waals surface area (Å²) in [5, 5.41) is 19.1. The normalized spacial score (nSPS) is 18.3. The Morgan fingerprint density at radius 2 is 2.00 bits per heavy atom. The van der Waals surface area contributed by atoms with E-state index < -0.39 is 6.10 Å². The van der Waals surface area contributed by atoms with Gasteiger partial charge < -0.3 is 14.7 Å². The molecule has 0 bridgehead atoms. The monoisotopic (exact) mass is 288 g/mol. The van der Waals surface area contributed by atoms with Gasteiger partial charge in [0, 0.05) is 19.8 Å². The highest BCUT2D eigenvalue weighted by Gasteiger charge is 2.21. The molecular formula is C17H24N2O2. The highest BCUT2D eigenvalue weighted by molar-refractivity contribution is 5.32. The fraction of sp³-hybridized carbons (Fsp3) is 0.588. The number of ether oxygens (including phenoxy) is 1. The fourth-order valence-electron chi connectivity index (χ4n) is 2.75. The predicted octanol–water partition coefficient (Wildman–Crippen LogP) is 2.34. The number of likely N-dealkylation sites (tertiary alicyclic amines) is 1. The molecule has 4 heteroatoms. The third-order valence-electron chi connectivity index (χ3n) is 4.12. The summed E-state index contributed by atoms with van der Waals surface area (Å²) in [6.07, 6.45) is 1.79. The van der Waals surface area contributed by atoms with Gasteiger partial charge in [-0.1, -0.05) is 12.1 Å². The Balaban J connectivity index is 1.78. The molecule has 0 aromatic heterocycles. The maximum absolute atomic E-state index is 10.3. The molecule has 4 nitrogen and oxygen atoms in total. The van der Waals surface area contributed by atoms with Crippen molar-refractivity contribution in [3.05, 3.63) is 35.4 Å². The number of aliphatic hydroxyl groups excluding tert-OH is 1. The van der Waals surface area contributed by atoms with E-state index in [1.807, 2.05) is 19.1 Å². The van der Waals surface area contributed by atoms with Gasteiger partial charge in [-0.3, -0.25) is 0 Å². The Hall–Kier alpha value is -1.41. The molecule has 1 fully saturated rings. The summed E-state index contributed by atoms with van der Waals surface area (Å²) >= 11 is 0. The van der Waals surface area contributed by atoms with Crippen LogP contribution >= 0.6 is 0 Å². The molecule has 0 aliphatic carbocycles. The van der Waals surface area contributed by atoms with Crippen molar-refractivity contribution in [2.75, 3.05) is 32.8 Å². The minimum Gasteiger partial charge on any atom is -0.387 e. The van der Waals surface area contributed by atoms with Gasteiger partial charge in [0.15, 0.2) is 0 Å². The van der Waals surface area contributed by atoms with Gasteiger partial charge in [-0.15, -0.1) is 0 Å². The van der Waals surface area contributed by atoms with Crippen molar-refractivity contribution in [3.8, 4) is 6.07 Å². The molecule has 1 atom stereocenters. The molecule has 1 N–H and O–H groups in total. The van der Waals surface area contributed by atoms with E-state index in [1.54, 1.807) is 12.1 Å². The predicted molar refractivity (Wildman–Crippen MR) is 81.8 cm³/mol. The van der Waals surface area contributed by atoms with Crippen molar-refractivity contribution in [1.82, 2.24) is 4.90 Å². The first-order chi connectivity index (χ1) is 10.2. The van der Waals surface area contributed by atoms with Crippen molar-refractivity contribution >= 4 is 0 Å². The van der Waals surface area contributed by atoms with E-state index >= 15 is 0 Å². The van der Waals surface area contributed by atoms with E-state index in [-0.39, 0.29) is 0 Å². The minimum atomic E-state index is -0.485. The molecule has 1 aliphatic heterocycles. The summed E-state index contributed by atoms with van der Waals surface area (Å²) < 4.78 is 5.49. The molecular weight excluding hydrogens is 264 g/mol. The maximum atomic E-state index is 10.3. The quantitative estimate of drug-likeness (QED) is 0.873. The van der Waals surface area contributed by atoms with E-state index in [1.165, 1.54) is 0 Å². The first-order valence-corrected chi connectivity index (χ1v) is 7.71. The van der Waals surface area contributed by atoms with Crippen LogP contribution in [0.2, 0.25) is 0 Å². The van der Waals surface area contributed by atoms with Crippen LogP contribution in [0.25, 0.3) is 0 Å². The lowest BCUT2D eigenvalue weighted by Gasteiger charge is -2.33. The van der Waals surface area contributed by atoms with Crippen LogP contribution in [0.3, 0.4) is 0 Å². The van der Waals surface area contributed by atoms with E-state index in [2.05, 4.69) is 11.0 Å². The van der Waals surface area contributed by atoms with Crippen LogP contribution in [0.15, 0.2) is 24.3 Å². The molecule has 1 aliphatic rings. The number of piperidine rings is 1. The second kappa shape index (κ2) is 8.14. The molecule has 0 amide bonds. The molecule has 1 saturated heterocycles. The van der Waals surface area contributed by atoms with Crippen LogP contribution in [0, 0.1) is 17.2 Å². The largest absolute Gasteiger partial charge is 0.387 e. The molecule has 1 aromatic carbocycles. The molecule has 0 radical (unpaired) electrons. The van der Waals surface area contributed by atoms with Gasteiger partial charge in [-0.05, 0) is 56.5 Å². The summed E-state index contributed by atoms with van der Waals surface area (Å²) in [6.45, 7) is 6.38. The Morgan fingerprint density at radius 1 is 1.33 bits per heavy atom. The van der Waals surface area contributed by atoms with Crippen molar-refractivity contribution in [2.24, 2.45) is 5.92 Å². The number of nitriles is 1. The highest BCUT2D eigenvalue weighted by Crippen LogP contribution is 2.21. The molecule has 1 aromatic rings. The zero-order valence-electron chi connectivity index (χ0n) is 12.7. The highest BCUT2D eigenvalue weighted by atomic mass is 16.5. The molecule has 21 heavy (non-hydrogen) atoms. The Kier molecular flexibility index (Phi) is 6.19. The molecule has 0 saturated carbocycles. The van der Waals surface area contributed by atoms with Gasteiger partial charge in [0.2, 0.25) is 0 Å². The van der Waals surface area contributed by atoms with Crippen LogP contribution in [0.4, 0.5) is 0 Å². The summed E-state index contributed by atoms with van der Waals surface area (Å²) in [5.41, 5.74) is 1.51. The van der Waals surface area contributed by atoms with Gasteiger partial charge in [-0.25, -0.2) is 0 Å². The fourth-order valence-corrected chi connectivity index (χ4v) is 2.75. The summed E-state index contributed by atoms with van der Waals surface area (Å²) in [4.78, 5) is 2.31. The number of nitrogens with zero attached hydrogens (tertiary/aromatic N) is 2. The lowest BCUT2D eigenvalue weighted by molar-refractivity contribution is 0.0534. The first-order valence-electron chi connectivity index (χ1n) is 7.71. The minimum absolute atomic E-state index is 0.485. The van der Waals surface area contributed by atoms with Gasteiger partial charge in [-0.2, -0.15) is 5.26 Å². The smallest absolute Gasteiger partial charge is 0.0991 e. The third-order valence-corrected chi connectivity index (χ3v) is 4.12. The summed E-state index contributed by atoms with van der Waals surface area (Å²) in [6, 6.07) is 9.28. The number of aliphatic hydroxyl groups is 1. The molecule has 1 unspecified atom stereocenters. The first kappa shape index (κ1) is 16.0. The van der Waals surface area contributed by atoms with Crippen molar-refractivity contribution in [3.63, 3.8) is 0 Å². The molecule has 0 spiro atoms. The van der Waals surface area contributed by atoms with Gasteiger partial charge in [0.05, 0.1) is 17.7 Å². The van der Waals surface area contributed by atoms with Gasteiger partial charge in [0.1, 0.15) is 0 Å². The zero-order chi connectivity index (χ0) is 15.1. The number of hydrogen-bond donors (Lipinski definition) is 1. The van der Waals surface area contributed by atoms with Gasteiger partial charge >= 0.3 is 0 Å². The van der Waals surface area contributed by atoms with Gasteiger partial charge in [0.25, 0.3) is 0 Å². The van der Waals surface area contributed by atoms with Crippen molar-refractivity contribution in [1.29, 1.82) is 5.26 Å². The second-order valence-corrected chi connectivity index (χ2v) is 5.65. The van der Waals surface area contributed by atoms with Crippen LogP contribution in [-0.2, 0) is 4.74 Å². The molecule has 114 valence electrons. The Morgan fingerprint density at radius 3 is 2.57 bits per heavy atom. The van der Waals surface area contributed by atoms with Crippen molar-refractivity contribution in [2.45, 2.75) is 25.9 Å². The van der Waals surface area contributed by atoms with Crippen LogP contribution in [0.1, 0.15) is 37.0 Å². The standard InChI is InChI=1S/C17H24N2O2/c1-2-21-13-15-7-9-19(10-8-15)12-17(20)16-5-3-14(11-18)4-6-16/h3-6,15,17,20H,2,7-10,12-13H2,1H3. The topological polar surface area (TPSA) is 56.5 Å². The van der Waals surface area contributed by atoms with Crippen LogP contribution in [-0.4, -0.2) is 42.9 Å². The van der Waals surface area contributed by atoms with Crippen LogP contribution in [0.5, 0.6) is 0 Å². The number of hydrogen-bond acceptors (Lipinski definition) is 4. The van der Waals surface area contributed by atoms with E-state index in [4.69, 9.17) is 10.00 Å². The number of rotatable bonds is 6. The van der Waals surface area contributed by atoms with Crippen LogP contribution < -0.4 is 0 Å². The zero-order valence-corrected chi connectivity index (χ0v) is 12.7. The number of benzene rings is 1. The number of β-amino-alcohol motifs (C(OH)–C–C–N with tert-alkyl or cyclic N) is 1. The summed E-state index contributed by atoms with van der Waals surface area (Å²) in [7, 11) is 0. The lowest BCUT2D eigenvalue weighted by Crippen LogP contribution is -2.37. The Bertz CT molecular complexity index is 459. The average Bonchev–Trinajstić information content (AvgIpc) is 2.54. The SMILES string of the molecule is CCOCC1CCN(CC(O)c2ccc(C#N)cc2)CC1. The van der Waals surface area contributed by atoms with E-state index in [0.717, 1.165) is 44.7 Å². The molecule has 1 heterocycles.